The molecule has 3 nitrogen and oxygen atoms in total. The lowest BCUT2D eigenvalue weighted by Gasteiger charge is -2.25. The topological polar surface area (TPSA) is 38.3 Å². The van der Waals surface area contributed by atoms with Crippen LogP contribution in [0.15, 0.2) is 43.0 Å². The number of hydrogen-bond acceptors (Lipinski definition) is 2. The van der Waals surface area contributed by atoms with Crippen molar-refractivity contribution in [3.05, 3.63) is 48.6 Å². The van der Waals surface area contributed by atoms with Crippen molar-refractivity contribution in [3.8, 4) is 0 Å². The summed E-state index contributed by atoms with van der Waals surface area (Å²) in [5.41, 5.74) is 0.995. The minimum atomic E-state index is -0.362. The zero-order valence-electron chi connectivity index (χ0n) is 12.6. The fourth-order valence-corrected chi connectivity index (χ4v) is 2.91. The lowest BCUT2D eigenvalue weighted by atomic mass is 9.85. The highest BCUT2D eigenvalue weighted by molar-refractivity contribution is 5.67. The van der Waals surface area contributed by atoms with Gasteiger partial charge in [0, 0.05) is 0 Å². The van der Waals surface area contributed by atoms with Gasteiger partial charge in [-0.05, 0) is 17.9 Å². The van der Waals surface area contributed by atoms with Gasteiger partial charge >= 0.3 is 6.09 Å². The highest BCUT2D eigenvalue weighted by Crippen LogP contribution is 2.27. The molecule has 21 heavy (non-hydrogen) atoms. The maximum atomic E-state index is 11.8. The smallest absolute Gasteiger partial charge is 0.407 e. The van der Waals surface area contributed by atoms with E-state index in [1.165, 1.54) is 32.1 Å². The van der Waals surface area contributed by atoms with Crippen LogP contribution in [0.25, 0.3) is 0 Å². The highest BCUT2D eigenvalue weighted by Gasteiger charge is 2.18. The van der Waals surface area contributed by atoms with Crippen molar-refractivity contribution >= 4 is 6.09 Å². The second-order valence-corrected chi connectivity index (χ2v) is 5.79. The average molecular weight is 287 g/mol. The van der Waals surface area contributed by atoms with Gasteiger partial charge in [0.05, 0.1) is 6.04 Å². The molecule has 3 heteroatoms. The Balaban J connectivity index is 1.72. The molecular weight excluding hydrogens is 262 g/mol. The fraction of sp³-hybridized carbons (Fsp3) is 0.500. The van der Waals surface area contributed by atoms with E-state index in [0.717, 1.165) is 12.0 Å². The van der Waals surface area contributed by atoms with Gasteiger partial charge in [-0.25, -0.2) is 4.79 Å². The number of ether oxygens (including phenoxy) is 1. The number of hydrogen-bond donors (Lipinski definition) is 1. The number of benzene rings is 1. The number of carbonyl (C=O) groups is 1. The Morgan fingerprint density at radius 3 is 2.67 bits per heavy atom. The molecule has 1 atom stereocenters. The summed E-state index contributed by atoms with van der Waals surface area (Å²) in [5, 5.41) is 2.91. The molecule has 0 unspecified atom stereocenters. The van der Waals surface area contributed by atoms with E-state index in [-0.39, 0.29) is 12.1 Å². The van der Waals surface area contributed by atoms with E-state index in [1.807, 2.05) is 36.4 Å². The zero-order valence-corrected chi connectivity index (χ0v) is 12.6. The molecule has 1 saturated carbocycles. The minimum Gasteiger partial charge on any atom is -0.445 e. The van der Waals surface area contributed by atoms with Gasteiger partial charge in [-0.3, -0.25) is 0 Å². The summed E-state index contributed by atoms with van der Waals surface area (Å²) in [6, 6.07) is 9.72. The lowest BCUT2D eigenvalue weighted by molar-refractivity contribution is 0.135. The molecule has 1 aromatic carbocycles. The first-order valence-electron chi connectivity index (χ1n) is 7.87. The number of nitrogens with one attached hydrogen (secondary N) is 1. The van der Waals surface area contributed by atoms with E-state index < -0.39 is 0 Å². The molecular formula is C18H25NO2. The maximum Gasteiger partial charge on any atom is 0.407 e. The molecule has 0 bridgehead atoms. The molecule has 0 spiro atoms. The Hall–Kier alpha value is -1.77. The molecule has 2 rings (SSSR count). The predicted molar refractivity (Wildman–Crippen MR) is 84.9 cm³/mol. The van der Waals surface area contributed by atoms with Crippen LogP contribution in [0.3, 0.4) is 0 Å². The van der Waals surface area contributed by atoms with Gasteiger partial charge in [-0.15, -0.1) is 6.58 Å². The van der Waals surface area contributed by atoms with Gasteiger partial charge in [0.25, 0.3) is 0 Å². The van der Waals surface area contributed by atoms with Crippen LogP contribution in [-0.4, -0.2) is 12.1 Å². The van der Waals surface area contributed by atoms with Crippen molar-refractivity contribution in [1.82, 2.24) is 5.32 Å². The number of carbonyl (C=O) groups excluding carboxylic acids is 1. The third-order valence-electron chi connectivity index (χ3n) is 4.11. The van der Waals surface area contributed by atoms with Crippen molar-refractivity contribution in [2.24, 2.45) is 5.92 Å². The molecule has 0 radical (unpaired) electrons. The minimum absolute atomic E-state index is 0.0105. The van der Waals surface area contributed by atoms with Crippen LogP contribution in [0, 0.1) is 5.92 Å². The number of rotatable bonds is 6. The summed E-state index contributed by atoms with van der Waals surface area (Å²) in [6.45, 7) is 4.13. The maximum absolute atomic E-state index is 11.8. The Morgan fingerprint density at radius 2 is 2.00 bits per heavy atom. The Bertz CT molecular complexity index is 438. The van der Waals surface area contributed by atoms with E-state index >= 15 is 0 Å². The van der Waals surface area contributed by atoms with Crippen LogP contribution in [0.2, 0.25) is 0 Å². The van der Waals surface area contributed by atoms with Crippen molar-refractivity contribution in [2.45, 2.75) is 51.2 Å². The van der Waals surface area contributed by atoms with E-state index in [4.69, 9.17) is 4.74 Å². The molecule has 0 saturated heterocycles. The molecule has 1 N–H and O–H groups in total. The molecule has 114 valence electrons. The second kappa shape index (κ2) is 8.50. The summed E-state index contributed by atoms with van der Waals surface area (Å²) < 4.78 is 5.25. The quantitative estimate of drug-likeness (QED) is 0.786. The summed E-state index contributed by atoms with van der Waals surface area (Å²) >= 11 is 0. The van der Waals surface area contributed by atoms with Crippen molar-refractivity contribution in [3.63, 3.8) is 0 Å². The Morgan fingerprint density at radius 1 is 1.29 bits per heavy atom. The number of amides is 1. The Kier molecular flexibility index (Phi) is 6.32. The SMILES string of the molecule is C=C[C@H](CC1CCCCC1)NC(=O)OCc1ccccc1. The van der Waals surface area contributed by atoms with E-state index in [9.17, 15) is 4.79 Å². The largest absolute Gasteiger partial charge is 0.445 e. The predicted octanol–water partition coefficient (Wildman–Crippen LogP) is 4.44. The molecule has 0 aliphatic heterocycles. The van der Waals surface area contributed by atoms with Gasteiger partial charge in [0.15, 0.2) is 0 Å². The summed E-state index contributed by atoms with van der Waals surface area (Å²) in [5.74, 6) is 0.705. The molecule has 1 amide bonds. The summed E-state index contributed by atoms with van der Waals surface area (Å²) in [7, 11) is 0. The summed E-state index contributed by atoms with van der Waals surface area (Å²) in [6.07, 6.45) is 8.94. The first-order chi connectivity index (χ1) is 10.3. The van der Waals surface area contributed by atoms with Crippen molar-refractivity contribution < 1.29 is 9.53 Å². The van der Waals surface area contributed by atoms with Crippen molar-refractivity contribution in [1.29, 1.82) is 0 Å². The first-order valence-corrected chi connectivity index (χ1v) is 7.87. The van der Waals surface area contributed by atoms with Crippen molar-refractivity contribution in [2.75, 3.05) is 0 Å². The first kappa shape index (κ1) is 15.6. The van der Waals surface area contributed by atoms with Crippen LogP contribution in [0.1, 0.15) is 44.1 Å². The molecule has 1 aromatic rings. The molecule has 1 aliphatic rings. The lowest BCUT2D eigenvalue weighted by Crippen LogP contribution is -2.35. The molecule has 0 heterocycles. The second-order valence-electron chi connectivity index (χ2n) is 5.79. The third kappa shape index (κ3) is 5.62. The molecule has 0 aromatic heterocycles. The fourth-order valence-electron chi connectivity index (χ4n) is 2.91. The van der Waals surface area contributed by atoms with Gasteiger partial charge < -0.3 is 10.1 Å². The van der Waals surface area contributed by atoms with Gasteiger partial charge in [0.1, 0.15) is 6.61 Å². The standard InChI is InChI=1S/C18H25NO2/c1-2-17(13-15-9-5-3-6-10-15)19-18(20)21-14-16-11-7-4-8-12-16/h2,4,7-8,11-12,15,17H,1,3,5-6,9-10,13-14H2,(H,19,20)/t17-/m1/s1. The number of alkyl carbamates (subject to hydrolysis) is 1. The van der Waals surface area contributed by atoms with Crippen LogP contribution >= 0.6 is 0 Å². The van der Waals surface area contributed by atoms with E-state index in [0.29, 0.717) is 12.5 Å². The van der Waals surface area contributed by atoms with Gasteiger partial charge in [-0.2, -0.15) is 0 Å². The Labute approximate surface area is 127 Å². The van der Waals surface area contributed by atoms with E-state index in [2.05, 4.69) is 11.9 Å². The van der Waals surface area contributed by atoms with Gasteiger partial charge in [-0.1, -0.05) is 68.5 Å². The zero-order chi connectivity index (χ0) is 14.9. The van der Waals surface area contributed by atoms with Crippen LogP contribution in [0.5, 0.6) is 0 Å². The van der Waals surface area contributed by atoms with Crippen LogP contribution in [-0.2, 0) is 11.3 Å². The molecule has 1 aliphatic carbocycles. The normalized spacial score (nSPS) is 17.0. The molecule has 1 fully saturated rings. The van der Waals surface area contributed by atoms with Crippen LogP contribution < -0.4 is 5.32 Å². The monoisotopic (exact) mass is 287 g/mol. The summed E-state index contributed by atoms with van der Waals surface area (Å²) in [4.78, 5) is 11.8. The van der Waals surface area contributed by atoms with Crippen LogP contribution in [0.4, 0.5) is 4.79 Å². The average Bonchev–Trinajstić information content (AvgIpc) is 2.54. The van der Waals surface area contributed by atoms with Gasteiger partial charge in [0.2, 0.25) is 0 Å². The van der Waals surface area contributed by atoms with E-state index in [1.54, 1.807) is 0 Å². The third-order valence-corrected chi connectivity index (χ3v) is 4.11. The highest BCUT2D eigenvalue weighted by atomic mass is 16.5.